The minimum Gasteiger partial charge on any atom is -0.350 e. The molecule has 0 aliphatic rings. The van der Waals surface area contributed by atoms with Crippen LogP contribution in [0.3, 0.4) is 0 Å². The highest BCUT2D eigenvalue weighted by atomic mass is 79.9. The molecule has 0 saturated carbocycles. The quantitative estimate of drug-likeness (QED) is 0.763. The maximum Gasteiger partial charge on any atom is 0.262 e. The third-order valence-corrected chi connectivity index (χ3v) is 5.14. The molecule has 1 amide bonds. The second kappa shape index (κ2) is 7.43. The molecule has 7 heteroatoms. The fourth-order valence-electron chi connectivity index (χ4n) is 1.72. The second-order valence-corrected chi connectivity index (χ2v) is 7.99. The number of hydrogen-bond donors (Lipinski definition) is 1. The number of amides is 1. The fourth-order valence-corrected chi connectivity index (χ4v) is 3.84. The van der Waals surface area contributed by atoms with Gasteiger partial charge in [0.25, 0.3) is 15.0 Å². The van der Waals surface area contributed by atoms with Crippen LogP contribution in [0.1, 0.15) is 43.5 Å². The maximum absolute atomic E-state index is 12.0. The Hall–Kier alpha value is -0.590. The first-order valence-corrected chi connectivity index (χ1v) is 9.41. The maximum atomic E-state index is 12.0. The van der Waals surface area contributed by atoms with Gasteiger partial charge >= 0.3 is 0 Å². The lowest BCUT2D eigenvalue weighted by molar-refractivity contribution is 0.0937. The summed E-state index contributed by atoms with van der Waals surface area (Å²) in [7, 11) is 1.44. The summed E-state index contributed by atoms with van der Waals surface area (Å²) in [6.45, 7) is 4.01. The predicted molar refractivity (Wildman–Crippen MR) is 83.6 cm³/mol. The molecule has 1 aromatic carbocycles. The Labute approximate surface area is 132 Å². The number of rotatable bonds is 6. The monoisotopic (exact) mass is 381 g/mol. The van der Waals surface area contributed by atoms with E-state index in [1.807, 2.05) is 6.92 Å². The van der Waals surface area contributed by atoms with Crippen molar-refractivity contribution in [3.05, 3.63) is 28.2 Å². The number of carbonyl (C=O) groups excluding carboxylic acids is 1. The number of nitrogens with one attached hydrogen (secondary N) is 1. The highest BCUT2D eigenvalue weighted by molar-refractivity contribution is 9.10. The summed E-state index contributed by atoms with van der Waals surface area (Å²) in [6, 6.07) is 4.37. The van der Waals surface area contributed by atoms with Crippen molar-refractivity contribution < 1.29 is 13.2 Å². The molecule has 0 aliphatic carbocycles. The number of benzene rings is 1. The van der Waals surface area contributed by atoms with E-state index in [1.54, 1.807) is 6.07 Å². The lowest BCUT2D eigenvalue weighted by Crippen LogP contribution is -2.32. The Morgan fingerprint density at radius 3 is 2.65 bits per heavy atom. The van der Waals surface area contributed by atoms with Crippen LogP contribution in [-0.2, 0) is 9.05 Å². The van der Waals surface area contributed by atoms with E-state index in [4.69, 9.17) is 10.7 Å². The molecule has 1 atom stereocenters. The van der Waals surface area contributed by atoms with Gasteiger partial charge in [-0.1, -0.05) is 19.8 Å². The van der Waals surface area contributed by atoms with Crippen LogP contribution in [0.25, 0.3) is 0 Å². The number of unbranched alkanes of at least 4 members (excludes halogenated alkanes) is 1. The third-order valence-electron chi connectivity index (χ3n) is 2.82. The Morgan fingerprint density at radius 2 is 2.10 bits per heavy atom. The lowest BCUT2D eigenvalue weighted by Gasteiger charge is -2.13. The molecule has 0 bridgehead atoms. The molecular weight excluding hydrogens is 366 g/mol. The molecule has 0 radical (unpaired) electrons. The second-order valence-electron chi connectivity index (χ2n) is 4.60. The van der Waals surface area contributed by atoms with Crippen molar-refractivity contribution in [1.82, 2.24) is 5.32 Å². The average Bonchev–Trinajstić information content (AvgIpc) is 2.35. The van der Waals surface area contributed by atoms with Gasteiger partial charge in [0, 0.05) is 26.8 Å². The highest BCUT2D eigenvalue weighted by Gasteiger charge is 2.18. The number of carbonyl (C=O) groups is 1. The van der Waals surface area contributed by atoms with E-state index in [0.717, 1.165) is 19.3 Å². The first kappa shape index (κ1) is 17.5. The highest BCUT2D eigenvalue weighted by Crippen LogP contribution is 2.26. The Balaban J connectivity index is 2.90. The van der Waals surface area contributed by atoms with Gasteiger partial charge in [-0.2, -0.15) is 0 Å². The van der Waals surface area contributed by atoms with Crippen LogP contribution >= 0.6 is 26.6 Å². The van der Waals surface area contributed by atoms with E-state index < -0.39 is 9.05 Å². The summed E-state index contributed by atoms with van der Waals surface area (Å²) in [5.41, 5.74) is 0.274. The number of halogens is 2. The zero-order valence-electron chi connectivity index (χ0n) is 11.3. The van der Waals surface area contributed by atoms with Gasteiger partial charge in [0.05, 0.1) is 4.90 Å². The molecule has 0 aliphatic heterocycles. The van der Waals surface area contributed by atoms with E-state index in [1.165, 1.54) is 12.1 Å². The van der Waals surface area contributed by atoms with Gasteiger partial charge in [-0.15, -0.1) is 0 Å². The Kier molecular flexibility index (Phi) is 6.48. The smallest absolute Gasteiger partial charge is 0.262 e. The Bertz CT molecular complexity index is 589. The van der Waals surface area contributed by atoms with Gasteiger partial charge in [0.2, 0.25) is 0 Å². The largest absolute Gasteiger partial charge is 0.350 e. The third kappa shape index (κ3) is 5.07. The van der Waals surface area contributed by atoms with Crippen LogP contribution < -0.4 is 5.32 Å². The van der Waals surface area contributed by atoms with Crippen LogP contribution in [0.2, 0.25) is 0 Å². The van der Waals surface area contributed by atoms with Gasteiger partial charge in [0.15, 0.2) is 0 Å². The molecule has 20 heavy (non-hydrogen) atoms. The van der Waals surface area contributed by atoms with Gasteiger partial charge in [0.1, 0.15) is 0 Å². The summed E-state index contributed by atoms with van der Waals surface area (Å²) >= 11 is 3.11. The van der Waals surface area contributed by atoms with E-state index in [-0.39, 0.29) is 22.4 Å². The zero-order chi connectivity index (χ0) is 15.3. The minimum absolute atomic E-state index is 0.0437. The molecule has 0 fully saturated rings. The van der Waals surface area contributed by atoms with Crippen LogP contribution in [0.15, 0.2) is 27.6 Å². The van der Waals surface area contributed by atoms with Crippen molar-refractivity contribution in [3.8, 4) is 0 Å². The first-order chi connectivity index (χ1) is 9.25. The van der Waals surface area contributed by atoms with Crippen molar-refractivity contribution in [2.75, 3.05) is 0 Å². The molecular formula is C13H17BrClNO3S. The van der Waals surface area contributed by atoms with E-state index >= 15 is 0 Å². The predicted octanol–water partition coefficient (Wildman–Crippen LogP) is 3.69. The summed E-state index contributed by atoms with van der Waals surface area (Å²) in [4.78, 5) is 11.9. The first-order valence-electron chi connectivity index (χ1n) is 6.30. The fraction of sp³-hybridized carbons (Fsp3) is 0.462. The Morgan fingerprint density at radius 1 is 1.45 bits per heavy atom. The summed E-state index contributed by atoms with van der Waals surface area (Å²) < 4.78 is 23.1. The summed E-state index contributed by atoms with van der Waals surface area (Å²) in [5.74, 6) is -0.303. The molecule has 1 aromatic rings. The van der Waals surface area contributed by atoms with Crippen LogP contribution in [0.4, 0.5) is 0 Å². The SMILES string of the molecule is CCCCC(C)NC(=O)c1ccc(Br)c(S(=O)(=O)Cl)c1. The van der Waals surface area contributed by atoms with Crippen LogP contribution in [0.5, 0.6) is 0 Å². The van der Waals surface area contributed by atoms with E-state index in [0.29, 0.717) is 4.47 Å². The molecule has 112 valence electrons. The molecule has 1 rings (SSSR count). The van der Waals surface area contributed by atoms with Crippen molar-refractivity contribution in [2.24, 2.45) is 0 Å². The van der Waals surface area contributed by atoms with Gasteiger partial charge < -0.3 is 5.32 Å². The van der Waals surface area contributed by atoms with Crippen molar-refractivity contribution in [2.45, 2.75) is 44.0 Å². The van der Waals surface area contributed by atoms with E-state index in [9.17, 15) is 13.2 Å². The zero-order valence-corrected chi connectivity index (χ0v) is 14.5. The normalized spacial score (nSPS) is 13.0. The summed E-state index contributed by atoms with van der Waals surface area (Å²) in [6.07, 6.45) is 2.98. The lowest BCUT2D eigenvalue weighted by atomic mass is 10.1. The van der Waals surface area contributed by atoms with Crippen LogP contribution in [-0.4, -0.2) is 20.4 Å². The molecule has 1 N–H and O–H groups in total. The van der Waals surface area contributed by atoms with Gasteiger partial charge in [-0.25, -0.2) is 8.42 Å². The average molecular weight is 383 g/mol. The topological polar surface area (TPSA) is 63.2 Å². The van der Waals surface area contributed by atoms with Crippen LogP contribution in [0, 0.1) is 0 Å². The molecule has 0 heterocycles. The molecule has 0 spiro atoms. The molecule has 1 unspecified atom stereocenters. The molecule has 0 saturated heterocycles. The number of hydrogen-bond acceptors (Lipinski definition) is 3. The van der Waals surface area contributed by atoms with E-state index in [2.05, 4.69) is 28.2 Å². The van der Waals surface area contributed by atoms with Crippen molar-refractivity contribution in [1.29, 1.82) is 0 Å². The van der Waals surface area contributed by atoms with Crippen molar-refractivity contribution in [3.63, 3.8) is 0 Å². The van der Waals surface area contributed by atoms with Gasteiger partial charge in [-0.05, 0) is 47.5 Å². The molecule has 4 nitrogen and oxygen atoms in total. The van der Waals surface area contributed by atoms with Crippen molar-refractivity contribution >= 4 is 41.6 Å². The molecule has 0 aromatic heterocycles. The standard InChI is InChI=1S/C13H17BrClNO3S/c1-3-4-5-9(2)16-13(17)10-6-7-11(14)12(8-10)20(15,18)19/h6-9H,3-5H2,1-2H3,(H,16,17). The summed E-state index contributed by atoms with van der Waals surface area (Å²) in [5, 5.41) is 2.84. The van der Waals surface area contributed by atoms with Gasteiger partial charge in [-0.3, -0.25) is 4.79 Å². The minimum atomic E-state index is -3.89.